The highest BCUT2D eigenvalue weighted by Crippen LogP contribution is 2.45. The van der Waals surface area contributed by atoms with Gasteiger partial charge >= 0.3 is 0 Å². The lowest BCUT2D eigenvalue weighted by atomic mass is 9.74. The Bertz CT molecular complexity index is 542. The van der Waals surface area contributed by atoms with Gasteiger partial charge in [-0.15, -0.1) is 0 Å². The zero-order chi connectivity index (χ0) is 12.6. The Morgan fingerprint density at radius 1 is 1.44 bits per heavy atom. The summed E-state index contributed by atoms with van der Waals surface area (Å²) in [5.74, 6) is 0.248. The van der Waals surface area contributed by atoms with E-state index >= 15 is 0 Å². The molecule has 1 N–H and O–H groups in total. The topological polar surface area (TPSA) is 50.8 Å². The Hall–Kier alpha value is -1.27. The summed E-state index contributed by atoms with van der Waals surface area (Å²) in [4.78, 5) is 3.90. The number of rotatable bonds is 3. The third-order valence-corrected chi connectivity index (χ3v) is 3.77. The van der Waals surface area contributed by atoms with Crippen molar-refractivity contribution in [3.8, 4) is 0 Å². The van der Waals surface area contributed by atoms with Crippen LogP contribution in [0.3, 0.4) is 0 Å². The molecule has 1 atom stereocenters. The molecule has 1 fully saturated rings. The Morgan fingerprint density at radius 2 is 2.28 bits per heavy atom. The third-order valence-electron chi connectivity index (χ3n) is 3.28. The maximum Gasteiger partial charge on any atom is 0.173 e. The molecule has 2 aromatic rings. The molecule has 6 heteroatoms. The summed E-state index contributed by atoms with van der Waals surface area (Å²) in [6.07, 6.45) is 0.0683. The third kappa shape index (κ3) is 1.76. The second-order valence-corrected chi connectivity index (χ2v) is 5.31. The molecular formula is C12H11BrFN3O. The molecule has 2 heterocycles. The predicted octanol–water partition coefficient (Wildman–Crippen LogP) is 2.55. The van der Waals surface area contributed by atoms with E-state index in [0.717, 1.165) is 10.0 Å². The number of aromatic amines is 1. The van der Waals surface area contributed by atoms with Gasteiger partial charge in [0.25, 0.3) is 0 Å². The van der Waals surface area contributed by atoms with Crippen molar-refractivity contribution < 1.29 is 9.13 Å². The highest BCUT2D eigenvalue weighted by molar-refractivity contribution is 9.10. The Balaban J connectivity index is 2.00. The van der Waals surface area contributed by atoms with Gasteiger partial charge < -0.3 is 4.74 Å². The van der Waals surface area contributed by atoms with Crippen molar-refractivity contribution in [2.24, 2.45) is 0 Å². The Kier molecular flexibility index (Phi) is 2.91. The molecule has 1 aromatic heterocycles. The molecule has 0 amide bonds. The first-order chi connectivity index (χ1) is 8.72. The van der Waals surface area contributed by atoms with Crippen LogP contribution in [0.4, 0.5) is 4.39 Å². The monoisotopic (exact) mass is 311 g/mol. The highest BCUT2D eigenvalue weighted by atomic mass is 79.9. The number of benzene rings is 1. The van der Waals surface area contributed by atoms with Gasteiger partial charge in [0.15, 0.2) is 12.0 Å². The first-order valence-electron chi connectivity index (χ1n) is 5.55. The molecule has 1 unspecified atom stereocenters. The van der Waals surface area contributed by atoms with Gasteiger partial charge in [0.05, 0.1) is 18.6 Å². The minimum absolute atomic E-state index is 0.248. The summed E-state index contributed by atoms with van der Waals surface area (Å²) < 4.78 is 20.8. The van der Waals surface area contributed by atoms with Crippen LogP contribution in [0.15, 0.2) is 35.1 Å². The Morgan fingerprint density at radius 3 is 2.83 bits per heavy atom. The van der Waals surface area contributed by atoms with Crippen molar-refractivity contribution in [2.45, 2.75) is 11.6 Å². The largest absolute Gasteiger partial charge is 0.379 e. The number of H-pyrrole nitrogens is 1. The lowest BCUT2D eigenvalue weighted by Crippen LogP contribution is -2.50. The fourth-order valence-electron chi connectivity index (χ4n) is 2.18. The number of aromatic nitrogens is 3. The molecular weight excluding hydrogens is 301 g/mol. The van der Waals surface area contributed by atoms with Gasteiger partial charge in [0, 0.05) is 4.47 Å². The summed E-state index contributed by atoms with van der Waals surface area (Å²) in [5.41, 5.74) is 0.246. The molecule has 0 bridgehead atoms. The summed E-state index contributed by atoms with van der Waals surface area (Å²) in [6.45, 7) is 0.705. The molecule has 94 valence electrons. The van der Waals surface area contributed by atoms with E-state index < -0.39 is 11.6 Å². The van der Waals surface area contributed by atoms with Gasteiger partial charge in [0.1, 0.15) is 6.33 Å². The van der Waals surface area contributed by atoms with E-state index in [2.05, 4.69) is 31.1 Å². The molecule has 1 aromatic carbocycles. The number of hydrogen-bond acceptors (Lipinski definition) is 3. The van der Waals surface area contributed by atoms with E-state index in [0.29, 0.717) is 13.2 Å². The summed E-state index contributed by atoms with van der Waals surface area (Å²) in [7, 11) is 0. The lowest BCUT2D eigenvalue weighted by Gasteiger charge is -2.43. The minimum atomic E-state index is -1.25. The molecule has 18 heavy (non-hydrogen) atoms. The number of halogens is 2. The van der Waals surface area contributed by atoms with Crippen LogP contribution in [0.1, 0.15) is 17.6 Å². The van der Waals surface area contributed by atoms with E-state index in [-0.39, 0.29) is 5.82 Å². The zero-order valence-corrected chi connectivity index (χ0v) is 11.0. The quantitative estimate of drug-likeness (QED) is 0.947. The van der Waals surface area contributed by atoms with Crippen LogP contribution in [-0.2, 0) is 10.2 Å². The molecule has 0 aliphatic carbocycles. The van der Waals surface area contributed by atoms with Crippen LogP contribution in [0.5, 0.6) is 0 Å². The average molecular weight is 312 g/mol. The van der Waals surface area contributed by atoms with Gasteiger partial charge in [0.2, 0.25) is 0 Å². The lowest BCUT2D eigenvalue weighted by molar-refractivity contribution is -0.101. The molecule has 0 spiro atoms. The molecule has 1 aliphatic heterocycles. The van der Waals surface area contributed by atoms with Crippen molar-refractivity contribution in [1.29, 1.82) is 0 Å². The van der Waals surface area contributed by atoms with Gasteiger partial charge in [-0.05, 0) is 17.7 Å². The van der Waals surface area contributed by atoms with Crippen molar-refractivity contribution in [2.75, 3.05) is 13.2 Å². The number of alkyl halides is 1. The molecule has 0 saturated carbocycles. The second-order valence-electron chi connectivity index (χ2n) is 4.39. The number of nitrogens with one attached hydrogen (secondary N) is 1. The van der Waals surface area contributed by atoms with E-state index in [1.54, 1.807) is 0 Å². The van der Waals surface area contributed by atoms with Crippen LogP contribution in [0, 0.1) is 0 Å². The van der Waals surface area contributed by atoms with Crippen molar-refractivity contribution in [3.63, 3.8) is 0 Å². The average Bonchev–Trinajstić information content (AvgIpc) is 2.80. The van der Waals surface area contributed by atoms with Gasteiger partial charge in [-0.2, -0.15) is 5.10 Å². The predicted molar refractivity (Wildman–Crippen MR) is 66.9 cm³/mol. The first kappa shape index (κ1) is 11.8. The fraction of sp³-hybridized carbons (Fsp3) is 0.333. The number of nitrogens with zero attached hydrogens (tertiary/aromatic N) is 2. The molecule has 1 aliphatic rings. The van der Waals surface area contributed by atoms with Gasteiger partial charge in [-0.1, -0.05) is 28.1 Å². The van der Waals surface area contributed by atoms with Crippen LogP contribution in [0.2, 0.25) is 0 Å². The van der Waals surface area contributed by atoms with Crippen LogP contribution >= 0.6 is 15.9 Å². The zero-order valence-electron chi connectivity index (χ0n) is 9.44. The summed E-state index contributed by atoms with van der Waals surface area (Å²) >= 11 is 3.41. The van der Waals surface area contributed by atoms with Crippen LogP contribution < -0.4 is 0 Å². The maximum atomic E-state index is 14.7. The summed E-state index contributed by atoms with van der Waals surface area (Å²) in [6, 6.07) is 7.65. The summed E-state index contributed by atoms with van der Waals surface area (Å²) in [5, 5.41) is 6.29. The van der Waals surface area contributed by atoms with Crippen molar-refractivity contribution >= 4 is 15.9 Å². The van der Waals surface area contributed by atoms with E-state index in [1.807, 2.05) is 24.3 Å². The maximum absolute atomic E-state index is 14.7. The Labute approximate surface area is 112 Å². The minimum Gasteiger partial charge on any atom is -0.379 e. The fourth-order valence-corrected chi connectivity index (χ4v) is 2.58. The highest BCUT2D eigenvalue weighted by Gasteiger charge is 2.50. The van der Waals surface area contributed by atoms with Crippen LogP contribution in [-0.4, -0.2) is 28.4 Å². The first-order valence-corrected chi connectivity index (χ1v) is 6.35. The van der Waals surface area contributed by atoms with E-state index in [4.69, 9.17) is 4.74 Å². The van der Waals surface area contributed by atoms with Gasteiger partial charge in [-0.25, -0.2) is 9.37 Å². The normalized spacial score (nSPS) is 19.2. The number of ether oxygens (including phenoxy) is 1. The molecule has 0 radical (unpaired) electrons. The molecule has 4 nitrogen and oxygen atoms in total. The molecule has 1 saturated heterocycles. The van der Waals surface area contributed by atoms with Crippen LogP contribution in [0.25, 0.3) is 0 Å². The smallest absolute Gasteiger partial charge is 0.173 e. The number of hydrogen-bond donors (Lipinski definition) is 1. The van der Waals surface area contributed by atoms with Crippen molar-refractivity contribution in [3.05, 3.63) is 46.5 Å². The van der Waals surface area contributed by atoms with Gasteiger partial charge in [-0.3, -0.25) is 5.10 Å². The van der Waals surface area contributed by atoms with E-state index in [1.165, 1.54) is 6.33 Å². The second kappa shape index (κ2) is 4.44. The standard InChI is InChI=1S/C12H11BrFN3O/c13-9-3-1-2-8(4-9)12(5-18-6-12)10(14)11-15-7-16-17-11/h1-4,7,10H,5-6H2,(H,15,16,17). The van der Waals surface area contributed by atoms with Crippen molar-refractivity contribution in [1.82, 2.24) is 15.2 Å². The molecule has 3 rings (SSSR count). The van der Waals surface area contributed by atoms with E-state index in [9.17, 15) is 4.39 Å². The SMILES string of the molecule is FC(c1ncn[nH]1)C1(c2cccc(Br)c2)COC1.